The van der Waals surface area contributed by atoms with Crippen molar-refractivity contribution >= 4 is 64.1 Å². The molecule has 4 aromatic rings. The smallest absolute Gasteiger partial charge is 0.266 e. The van der Waals surface area contributed by atoms with E-state index in [-0.39, 0.29) is 48.7 Å². The van der Waals surface area contributed by atoms with Crippen molar-refractivity contribution in [2.45, 2.75) is 77.8 Å². The number of aliphatic imine (C=N–C) groups is 1. The average Bonchev–Trinajstić information content (AvgIpc) is 3.76. The van der Waals surface area contributed by atoms with Crippen molar-refractivity contribution in [1.29, 1.82) is 0 Å². The molecule has 0 saturated carbocycles. The number of nitrogens with one attached hydrogen (secondary N) is 3. The first-order valence-corrected chi connectivity index (χ1v) is 20.0. The van der Waals surface area contributed by atoms with Gasteiger partial charge in [0.05, 0.1) is 23.3 Å². The molecule has 2 aromatic heterocycles. The van der Waals surface area contributed by atoms with Crippen LogP contribution in [0.5, 0.6) is 5.75 Å². The zero-order chi connectivity index (χ0) is 40.4. The fourth-order valence-corrected chi connectivity index (χ4v) is 8.58. The molecule has 0 spiro atoms. The van der Waals surface area contributed by atoms with Crippen molar-refractivity contribution in [1.82, 2.24) is 35.6 Å². The number of imide groups is 2. The highest BCUT2D eigenvalue weighted by Crippen LogP contribution is 2.40. The Labute approximate surface area is 337 Å². The molecule has 2 aromatic carbocycles. The Bertz CT molecular complexity index is 2320. The summed E-state index contributed by atoms with van der Waals surface area (Å²) < 4.78 is 7.67. The number of unbranched alkanes of at least 4 members (excludes halogenated alkanes) is 3. The molecular weight excluding hydrogens is 772 g/mol. The summed E-state index contributed by atoms with van der Waals surface area (Å²) in [6.07, 6.45) is 3.25. The summed E-state index contributed by atoms with van der Waals surface area (Å²) in [7, 11) is 0. The van der Waals surface area contributed by atoms with E-state index in [1.54, 1.807) is 11.3 Å². The van der Waals surface area contributed by atoms with Gasteiger partial charge in [-0.25, -0.2) is 0 Å². The van der Waals surface area contributed by atoms with Crippen LogP contribution in [-0.4, -0.2) is 86.6 Å². The number of aryl methyl sites for hydroxylation is 2. The highest BCUT2D eigenvalue weighted by atomic mass is 35.5. The number of carbonyl (C=O) groups excluding carboxylic acids is 6. The minimum Gasteiger partial charge on any atom is -0.483 e. The van der Waals surface area contributed by atoms with Crippen molar-refractivity contribution in [2.75, 3.05) is 19.7 Å². The Morgan fingerprint density at radius 3 is 2.35 bits per heavy atom. The highest BCUT2D eigenvalue weighted by molar-refractivity contribution is 7.15. The maximum atomic E-state index is 13.3. The minimum absolute atomic E-state index is 0.0108. The zero-order valence-electron chi connectivity index (χ0n) is 31.6. The summed E-state index contributed by atoms with van der Waals surface area (Å²) in [6.45, 7) is 6.58. The number of nitrogens with zero attached hydrogens (tertiary/aromatic N) is 5. The predicted octanol–water partition coefficient (Wildman–Crippen LogP) is 4.46. The molecule has 57 heavy (non-hydrogen) atoms. The molecule has 17 heteroatoms. The van der Waals surface area contributed by atoms with Crippen molar-refractivity contribution in [3.63, 3.8) is 0 Å². The largest absolute Gasteiger partial charge is 0.483 e. The Hall–Kier alpha value is -5.74. The SMILES string of the molecule is Cc1sc2c(c1C)C(c1ccc(Cl)cc1)=N[C@@H](CC(=O)NCCCCCCNC(=O)COc1cccc3c1C(=O)N(C1CCC(=O)NC1=O)C3=O)c1nnc(C)n1-2. The molecule has 1 saturated heterocycles. The van der Waals surface area contributed by atoms with Gasteiger partial charge in [-0.1, -0.05) is 42.6 Å². The van der Waals surface area contributed by atoms with Gasteiger partial charge in [0.2, 0.25) is 17.7 Å². The lowest BCUT2D eigenvalue weighted by Gasteiger charge is -2.27. The number of thiophene rings is 1. The van der Waals surface area contributed by atoms with Crippen LogP contribution >= 0.6 is 22.9 Å². The molecule has 0 radical (unpaired) electrons. The van der Waals surface area contributed by atoms with E-state index in [9.17, 15) is 28.8 Å². The van der Waals surface area contributed by atoms with Gasteiger partial charge in [-0.15, -0.1) is 21.5 Å². The van der Waals surface area contributed by atoms with Gasteiger partial charge in [-0.3, -0.25) is 48.5 Å². The molecule has 5 heterocycles. The Kier molecular flexibility index (Phi) is 11.6. The number of benzene rings is 2. The van der Waals surface area contributed by atoms with Gasteiger partial charge in [0.15, 0.2) is 12.4 Å². The lowest BCUT2D eigenvalue weighted by atomic mass is 9.99. The van der Waals surface area contributed by atoms with Crippen LogP contribution in [0.4, 0.5) is 0 Å². The number of ether oxygens (including phenoxy) is 1. The van der Waals surface area contributed by atoms with Crippen LogP contribution < -0.4 is 20.7 Å². The lowest BCUT2D eigenvalue weighted by molar-refractivity contribution is -0.136. The molecule has 1 fully saturated rings. The van der Waals surface area contributed by atoms with E-state index in [4.69, 9.17) is 21.3 Å². The fraction of sp³-hybridized carbons (Fsp3) is 0.375. The fourth-order valence-electron chi connectivity index (χ4n) is 7.24. The van der Waals surface area contributed by atoms with E-state index < -0.39 is 41.6 Å². The van der Waals surface area contributed by atoms with Gasteiger partial charge in [0, 0.05) is 40.5 Å². The van der Waals surface area contributed by atoms with Crippen LogP contribution in [0.2, 0.25) is 5.02 Å². The van der Waals surface area contributed by atoms with Gasteiger partial charge >= 0.3 is 0 Å². The number of aromatic nitrogens is 3. The Morgan fingerprint density at radius 1 is 0.912 bits per heavy atom. The average molecular weight is 813 g/mol. The van der Waals surface area contributed by atoms with Crippen LogP contribution in [0.1, 0.15) is 105 Å². The van der Waals surface area contributed by atoms with Gasteiger partial charge < -0.3 is 15.4 Å². The summed E-state index contributed by atoms with van der Waals surface area (Å²) >= 11 is 7.87. The van der Waals surface area contributed by atoms with Crippen LogP contribution in [0.15, 0.2) is 47.5 Å². The summed E-state index contributed by atoms with van der Waals surface area (Å²) in [5.41, 5.74) is 3.87. The van der Waals surface area contributed by atoms with Crippen LogP contribution in [-0.2, 0) is 19.2 Å². The highest BCUT2D eigenvalue weighted by Gasteiger charge is 2.46. The third-order valence-corrected chi connectivity index (χ3v) is 11.7. The van der Waals surface area contributed by atoms with Gasteiger partial charge in [0.25, 0.3) is 17.7 Å². The topological polar surface area (TPSA) is 194 Å². The molecule has 3 aliphatic rings. The predicted molar refractivity (Wildman–Crippen MR) is 211 cm³/mol. The first-order chi connectivity index (χ1) is 27.4. The summed E-state index contributed by atoms with van der Waals surface area (Å²) in [5, 5.41) is 18.4. The maximum absolute atomic E-state index is 13.3. The molecule has 6 amide bonds. The summed E-state index contributed by atoms with van der Waals surface area (Å²) in [5.74, 6) is -1.66. The standard InChI is InChI=1S/C40H41ClN8O7S/c1-21-22(2)57-40-33(21)35(24-11-13-25(41)14-12-24)44-27(36-47-46-23(3)48(36)40)19-31(51)42-17-6-4-5-7-18-43-32(52)20-56-29-10-8-9-26-34(29)39(55)49(38(26)54)28-15-16-30(50)45-37(28)53/h8-14,27-28H,4-7,15-20H2,1-3H3,(H,42,51)(H,43,52)(H,45,50,53)/t27-,28?/m0/s1. The molecule has 2 atom stereocenters. The van der Waals surface area contributed by atoms with Crippen molar-refractivity contribution < 1.29 is 33.5 Å². The number of rotatable bonds is 14. The van der Waals surface area contributed by atoms with E-state index >= 15 is 0 Å². The van der Waals surface area contributed by atoms with E-state index in [0.29, 0.717) is 30.4 Å². The number of hydrogen-bond donors (Lipinski definition) is 3. The molecule has 0 bridgehead atoms. The van der Waals surface area contributed by atoms with Gasteiger partial charge in [0.1, 0.15) is 28.7 Å². The maximum Gasteiger partial charge on any atom is 0.266 e. The number of fused-ring (bicyclic) bond motifs is 4. The second-order valence-corrected chi connectivity index (χ2v) is 15.8. The molecular formula is C40H41ClN8O7S. The van der Waals surface area contributed by atoms with Crippen LogP contribution in [0.3, 0.4) is 0 Å². The van der Waals surface area contributed by atoms with E-state index in [2.05, 4.69) is 40.0 Å². The second kappa shape index (κ2) is 16.8. The van der Waals surface area contributed by atoms with Crippen molar-refractivity contribution in [2.24, 2.45) is 4.99 Å². The first-order valence-electron chi connectivity index (χ1n) is 18.8. The summed E-state index contributed by atoms with van der Waals surface area (Å²) in [4.78, 5) is 83.2. The monoisotopic (exact) mass is 812 g/mol. The van der Waals surface area contributed by atoms with E-state index in [0.717, 1.165) is 57.4 Å². The number of halogens is 1. The first kappa shape index (κ1) is 39.5. The third-order valence-electron chi connectivity index (χ3n) is 10.3. The summed E-state index contributed by atoms with van der Waals surface area (Å²) in [6, 6.07) is 10.4. The van der Waals surface area contributed by atoms with Gasteiger partial charge in [-0.05, 0) is 69.9 Å². The molecule has 296 valence electrons. The minimum atomic E-state index is -1.10. The van der Waals surface area contributed by atoms with Crippen LogP contribution in [0.25, 0.3) is 5.00 Å². The molecule has 0 aliphatic carbocycles. The van der Waals surface area contributed by atoms with E-state index in [1.165, 1.54) is 23.1 Å². The van der Waals surface area contributed by atoms with Crippen LogP contribution in [0, 0.1) is 20.8 Å². The van der Waals surface area contributed by atoms with Crippen molar-refractivity contribution in [3.8, 4) is 10.8 Å². The second-order valence-electron chi connectivity index (χ2n) is 14.1. The quantitative estimate of drug-likeness (QED) is 0.122. The molecule has 7 rings (SSSR count). The third kappa shape index (κ3) is 8.09. The molecule has 3 N–H and O–H groups in total. The number of carbonyl (C=O) groups is 6. The van der Waals surface area contributed by atoms with E-state index in [1.807, 2.05) is 35.8 Å². The molecule has 1 unspecified atom stereocenters. The number of hydrogen-bond acceptors (Lipinski definition) is 11. The number of piperidine rings is 1. The van der Waals surface area contributed by atoms with Gasteiger partial charge in [-0.2, -0.15) is 0 Å². The Balaban J connectivity index is 0.855. The lowest BCUT2D eigenvalue weighted by Crippen LogP contribution is -2.54. The Morgan fingerprint density at radius 2 is 1.63 bits per heavy atom. The molecule has 15 nitrogen and oxygen atoms in total. The zero-order valence-corrected chi connectivity index (χ0v) is 33.2. The molecule has 3 aliphatic heterocycles. The normalized spacial score (nSPS) is 17.3. The van der Waals surface area contributed by atoms with Crippen molar-refractivity contribution in [3.05, 3.63) is 91.8 Å². The number of amides is 6.